The Balaban J connectivity index is 2.57. The Hall–Kier alpha value is -0.870. The third kappa shape index (κ3) is 4.78. The van der Waals surface area contributed by atoms with Gasteiger partial charge in [0.15, 0.2) is 0 Å². The van der Waals surface area contributed by atoms with E-state index in [9.17, 15) is 4.79 Å². The summed E-state index contributed by atoms with van der Waals surface area (Å²) in [5.41, 5.74) is 5.84. The molecule has 1 aromatic heterocycles. The van der Waals surface area contributed by atoms with E-state index in [4.69, 9.17) is 5.73 Å². The summed E-state index contributed by atoms with van der Waals surface area (Å²) in [6.07, 6.45) is 0.812. The fourth-order valence-corrected chi connectivity index (χ4v) is 2.70. The smallest absolute Gasteiger partial charge is 0.224 e. The van der Waals surface area contributed by atoms with Crippen LogP contribution in [0.1, 0.15) is 45.0 Å². The molecule has 2 atom stereocenters. The maximum Gasteiger partial charge on any atom is 0.224 e. The molecule has 1 rings (SSSR count). The first-order valence-electron chi connectivity index (χ1n) is 6.37. The van der Waals surface area contributed by atoms with Gasteiger partial charge in [0.1, 0.15) is 0 Å². The van der Waals surface area contributed by atoms with Crippen molar-refractivity contribution in [1.29, 1.82) is 0 Å². The van der Waals surface area contributed by atoms with Crippen molar-refractivity contribution in [2.45, 2.75) is 40.2 Å². The first-order valence-corrected chi connectivity index (χ1v) is 7.25. The molecule has 4 heteroatoms. The van der Waals surface area contributed by atoms with Gasteiger partial charge in [-0.15, -0.1) is 11.3 Å². The van der Waals surface area contributed by atoms with Crippen molar-refractivity contribution in [3.05, 3.63) is 22.4 Å². The van der Waals surface area contributed by atoms with Crippen molar-refractivity contribution >= 4 is 17.2 Å². The highest BCUT2D eigenvalue weighted by molar-refractivity contribution is 7.10. The molecule has 3 N–H and O–H groups in total. The molecule has 0 aliphatic carbocycles. The second kappa shape index (κ2) is 6.34. The second-order valence-electron chi connectivity index (χ2n) is 5.94. The van der Waals surface area contributed by atoms with Gasteiger partial charge in [-0.2, -0.15) is 0 Å². The lowest BCUT2D eigenvalue weighted by atomic mass is 9.84. The number of nitrogens with one attached hydrogen (secondary N) is 1. The Kier molecular flexibility index (Phi) is 5.35. The summed E-state index contributed by atoms with van der Waals surface area (Å²) >= 11 is 1.66. The number of hydrogen-bond donors (Lipinski definition) is 2. The fourth-order valence-electron chi connectivity index (χ4n) is 1.96. The Morgan fingerprint density at radius 2 is 2.17 bits per heavy atom. The molecule has 0 saturated heterocycles. The average molecular weight is 268 g/mol. The summed E-state index contributed by atoms with van der Waals surface area (Å²) in [4.78, 5) is 13.3. The summed E-state index contributed by atoms with van der Waals surface area (Å²) in [6, 6.07) is 4.10. The van der Waals surface area contributed by atoms with Gasteiger partial charge in [0.25, 0.3) is 0 Å². The number of amides is 1. The van der Waals surface area contributed by atoms with Crippen LogP contribution in [-0.2, 0) is 4.79 Å². The van der Waals surface area contributed by atoms with Crippen molar-refractivity contribution in [2.24, 2.45) is 17.1 Å². The second-order valence-corrected chi connectivity index (χ2v) is 6.92. The van der Waals surface area contributed by atoms with Crippen LogP contribution in [0.5, 0.6) is 0 Å². The van der Waals surface area contributed by atoms with Crippen LogP contribution in [0.2, 0.25) is 0 Å². The van der Waals surface area contributed by atoms with Gasteiger partial charge in [0.05, 0.1) is 12.0 Å². The van der Waals surface area contributed by atoms with Crippen molar-refractivity contribution < 1.29 is 4.79 Å². The number of thiophene rings is 1. The highest BCUT2D eigenvalue weighted by Crippen LogP contribution is 2.25. The molecule has 1 heterocycles. The van der Waals surface area contributed by atoms with E-state index in [1.54, 1.807) is 11.3 Å². The van der Waals surface area contributed by atoms with E-state index in [0.717, 1.165) is 6.42 Å². The van der Waals surface area contributed by atoms with Crippen molar-refractivity contribution in [3.8, 4) is 0 Å². The zero-order valence-corrected chi connectivity index (χ0v) is 12.5. The van der Waals surface area contributed by atoms with Gasteiger partial charge in [0.2, 0.25) is 5.91 Å². The van der Waals surface area contributed by atoms with E-state index in [2.05, 4.69) is 26.1 Å². The maximum atomic E-state index is 12.2. The zero-order chi connectivity index (χ0) is 13.8. The highest BCUT2D eigenvalue weighted by Gasteiger charge is 2.24. The number of carbonyl (C=O) groups is 1. The van der Waals surface area contributed by atoms with Gasteiger partial charge in [-0.1, -0.05) is 26.8 Å². The fraction of sp³-hybridized carbons (Fsp3) is 0.643. The lowest BCUT2D eigenvalue weighted by Crippen LogP contribution is -2.38. The summed E-state index contributed by atoms with van der Waals surface area (Å²) in [5, 5.41) is 5.07. The average Bonchev–Trinajstić information content (AvgIpc) is 2.77. The van der Waals surface area contributed by atoms with E-state index in [-0.39, 0.29) is 23.3 Å². The SMILES string of the molecule is C[C@@H](NC(=O)C(CN)CC(C)(C)C)c1cccs1. The van der Waals surface area contributed by atoms with Crippen LogP contribution in [0.4, 0.5) is 0 Å². The quantitative estimate of drug-likeness (QED) is 0.862. The van der Waals surface area contributed by atoms with Crippen LogP contribution in [0.3, 0.4) is 0 Å². The van der Waals surface area contributed by atoms with Crippen LogP contribution in [0.25, 0.3) is 0 Å². The lowest BCUT2D eigenvalue weighted by Gasteiger charge is -2.25. The molecule has 3 nitrogen and oxygen atoms in total. The number of carbonyl (C=O) groups excluding carboxylic acids is 1. The predicted molar refractivity (Wildman–Crippen MR) is 77.5 cm³/mol. The van der Waals surface area contributed by atoms with E-state index in [1.807, 2.05) is 24.4 Å². The van der Waals surface area contributed by atoms with E-state index < -0.39 is 0 Å². The maximum absolute atomic E-state index is 12.2. The van der Waals surface area contributed by atoms with Gasteiger partial charge < -0.3 is 11.1 Å². The van der Waals surface area contributed by atoms with Crippen LogP contribution < -0.4 is 11.1 Å². The molecule has 1 amide bonds. The molecule has 1 aromatic rings. The van der Waals surface area contributed by atoms with Gasteiger partial charge in [-0.3, -0.25) is 4.79 Å². The number of hydrogen-bond acceptors (Lipinski definition) is 3. The molecule has 0 spiro atoms. The molecule has 0 aliphatic rings. The monoisotopic (exact) mass is 268 g/mol. The van der Waals surface area contributed by atoms with E-state index >= 15 is 0 Å². The molecule has 102 valence electrons. The molecule has 0 saturated carbocycles. The molecule has 0 radical (unpaired) electrons. The van der Waals surface area contributed by atoms with Crippen LogP contribution in [0.15, 0.2) is 17.5 Å². The molecule has 0 aliphatic heterocycles. The minimum Gasteiger partial charge on any atom is -0.348 e. The minimum atomic E-state index is -0.104. The van der Waals surface area contributed by atoms with E-state index in [0.29, 0.717) is 6.54 Å². The van der Waals surface area contributed by atoms with Crippen molar-refractivity contribution in [3.63, 3.8) is 0 Å². The van der Waals surface area contributed by atoms with Crippen LogP contribution >= 0.6 is 11.3 Å². The molecule has 1 unspecified atom stereocenters. The van der Waals surface area contributed by atoms with Gasteiger partial charge >= 0.3 is 0 Å². The molecule has 0 fully saturated rings. The van der Waals surface area contributed by atoms with Gasteiger partial charge in [-0.25, -0.2) is 0 Å². The van der Waals surface area contributed by atoms with Crippen LogP contribution in [0, 0.1) is 11.3 Å². The van der Waals surface area contributed by atoms with Crippen LogP contribution in [-0.4, -0.2) is 12.5 Å². The molecule has 0 bridgehead atoms. The number of nitrogens with two attached hydrogens (primary N) is 1. The van der Waals surface area contributed by atoms with Gasteiger partial charge in [0, 0.05) is 11.4 Å². The minimum absolute atomic E-state index is 0.0616. The standard InChI is InChI=1S/C14H24N2OS/c1-10(12-6-5-7-18-12)16-13(17)11(9-15)8-14(2,3)4/h5-7,10-11H,8-9,15H2,1-4H3,(H,16,17)/t10-,11?/m1/s1. The normalized spacial score (nSPS) is 15.2. The predicted octanol–water partition coefficient (Wildman–Crippen LogP) is 2.94. The number of rotatable bonds is 5. The summed E-state index contributed by atoms with van der Waals surface area (Å²) in [7, 11) is 0. The molecular weight excluding hydrogens is 244 g/mol. The summed E-state index contributed by atoms with van der Waals surface area (Å²) in [6.45, 7) is 8.80. The van der Waals surface area contributed by atoms with Crippen molar-refractivity contribution in [1.82, 2.24) is 5.32 Å². The molecular formula is C14H24N2OS. The summed E-state index contributed by atoms with van der Waals surface area (Å²) in [5.74, 6) is -0.0410. The summed E-state index contributed by atoms with van der Waals surface area (Å²) < 4.78 is 0. The third-order valence-electron chi connectivity index (χ3n) is 2.84. The largest absolute Gasteiger partial charge is 0.348 e. The topological polar surface area (TPSA) is 55.1 Å². The van der Waals surface area contributed by atoms with Gasteiger partial charge in [-0.05, 0) is 30.2 Å². The third-order valence-corrected chi connectivity index (χ3v) is 3.90. The lowest BCUT2D eigenvalue weighted by molar-refractivity contribution is -0.126. The van der Waals surface area contributed by atoms with E-state index in [1.165, 1.54) is 4.88 Å². The van der Waals surface area contributed by atoms with Crippen molar-refractivity contribution in [2.75, 3.05) is 6.54 Å². The Labute approximate surface area is 114 Å². The Morgan fingerprint density at radius 1 is 1.50 bits per heavy atom. The Morgan fingerprint density at radius 3 is 2.61 bits per heavy atom. The zero-order valence-electron chi connectivity index (χ0n) is 11.7. The highest BCUT2D eigenvalue weighted by atomic mass is 32.1. The Bertz CT molecular complexity index is 368. The molecule has 0 aromatic carbocycles. The first kappa shape index (κ1) is 15.2. The molecule has 18 heavy (non-hydrogen) atoms. The first-order chi connectivity index (χ1) is 8.33.